The van der Waals surface area contributed by atoms with E-state index in [0.29, 0.717) is 0 Å². The molecule has 0 aromatic rings. The Balaban J connectivity index is 2.46. The van der Waals surface area contributed by atoms with E-state index in [0.717, 1.165) is 7.11 Å². The smallest absolute Gasteiger partial charge is 0.364 e. The van der Waals surface area contributed by atoms with Crippen molar-refractivity contribution in [1.82, 2.24) is 0 Å². The van der Waals surface area contributed by atoms with Gasteiger partial charge in [-0.3, -0.25) is 0 Å². The summed E-state index contributed by atoms with van der Waals surface area (Å²) >= 11 is 0. The summed E-state index contributed by atoms with van der Waals surface area (Å²) in [5.41, 5.74) is 0. The van der Waals surface area contributed by atoms with Gasteiger partial charge in [-0.05, 0) is 0 Å². The van der Waals surface area contributed by atoms with Gasteiger partial charge in [0.2, 0.25) is 0 Å². The maximum absolute atomic E-state index is 12.1. The van der Waals surface area contributed by atoms with Crippen LogP contribution in [0.25, 0.3) is 0 Å². The highest BCUT2D eigenvalue weighted by Gasteiger charge is 2.60. The number of hydrogen-bond donors (Lipinski definition) is 9. The third-order valence-electron chi connectivity index (χ3n) is 5.44. The first kappa shape index (κ1) is 26.7. The number of aliphatic hydroxyl groups is 7. The molecule has 0 bridgehead atoms. The lowest BCUT2D eigenvalue weighted by Gasteiger charge is -2.49. The van der Waals surface area contributed by atoms with Crippen LogP contribution in [-0.4, -0.2) is 139 Å². The van der Waals surface area contributed by atoms with Gasteiger partial charge in [0.15, 0.2) is 0 Å². The third kappa shape index (κ3) is 5.02. The Bertz CT molecular complexity index is 674. The number of rotatable bonds is 9. The molecule has 15 nitrogen and oxygen atoms in total. The molecule has 2 fully saturated rings. The average molecular weight is 472 g/mol. The van der Waals surface area contributed by atoms with E-state index < -0.39 is 98.4 Å². The molecule has 0 aromatic heterocycles. The van der Waals surface area contributed by atoms with Crippen LogP contribution in [0.15, 0.2) is 0 Å². The zero-order chi connectivity index (χ0) is 24.4. The Kier molecular flexibility index (Phi) is 8.52. The highest BCUT2D eigenvalue weighted by Crippen LogP contribution is 2.39. The van der Waals surface area contributed by atoms with Crippen molar-refractivity contribution in [1.29, 1.82) is 0 Å². The fraction of sp³-hybridized carbons (Fsp3) is 0.882. The van der Waals surface area contributed by atoms with Crippen LogP contribution in [-0.2, 0) is 28.5 Å². The van der Waals surface area contributed by atoms with Gasteiger partial charge in [-0.1, -0.05) is 0 Å². The molecule has 0 saturated carbocycles. The number of aliphatic hydroxyl groups excluding tert-OH is 6. The molecular weight excluding hydrogens is 444 g/mol. The molecule has 2 saturated heterocycles. The summed E-state index contributed by atoms with van der Waals surface area (Å²) in [6.45, 7) is -1.91. The van der Waals surface area contributed by atoms with Gasteiger partial charge in [0.05, 0.1) is 25.4 Å². The number of methoxy groups -OCH3 is 1. The fourth-order valence-corrected chi connectivity index (χ4v) is 3.75. The molecule has 2 heterocycles. The second-order valence-electron chi connectivity index (χ2n) is 7.64. The van der Waals surface area contributed by atoms with Crippen LogP contribution in [0.4, 0.5) is 0 Å². The monoisotopic (exact) mass is 472 g/mol. The van der Waals surface area contributed by atoms with E-state index in [1.807, 2.05) is 0 Å². The van der Waals surface area contributed by atoms with Gasteiger partial charge in [-0.2, -0.15) is 0 Å². The van der Waals surface area contributed by atoms with Crippen molar-refractivity contribution >= 4 is 11.9 Å². The van der Waals surface area contributed by atoms with Crippen molar-refractivity contribution in [3.8, 4) is 0 Å². The van der Waals surface area contributed by atoms with E-state index in [-0.39, 0.29) is 0 Å². The van der Waals surface area contributed by atoms with E-state index in [4.69, 9.17) is 24.1 Å². The molecule has 9 N–H and O–H groups in total. The molecular formula is C17H28O15. The number of hydrogen-bond acceptors (Lipinski definition) is 13. The third-order valence-corrected chi connectivity index (χ3v) is 5.44. The molecule has 0 unspecified atom stereocenters. The molecule has 32 heavy (non-hydrogen) atoms. The largest absolute Gasteiger partial charge is 0.477 e. The van der Waals surface area contributed by atoms with Gasteiger partial charge >= 0.3 is 11.9 Å². The molecule has 15 heteroatoms. The van der Waals surface area contributed by atoms with E-state index in [2.05, 4.69) is 0 Å². The molecule has 0 spiro atoms. The zero-order valence-electron chi connectivity index (χ0n) is 16.9. The quantitative estimate of drug-likeness (QED) is 0.152. The number of carboxylic acid groups (broad SMARTS) is 2. The molecule has 2 aliphatic rings. The van der Waals surface area contributed by atoms with Crippen molar-refractivity contribution in [3.05, 3.63) is 0 Å². The second kappa shape index (κ2) is 10.2. The molecule has 0 amide bonds. The first-order valence-corrected chi connectivity index (χ1v) is 9.55. The van der Waals surface area contributed by atoms with Crippen LogP contribution in [0.2, 0.25) is 0 Å². The number of aliphatic carboxylic acids is 2. The lowest BCUT2D eigenvalue weighted by atomic mass is 9.90. The summed E-state index contributed by atoms with van der Waals surface area (Å²) in [7, 11) is 1.08. The minimum absolute atomic E-state index is 0.898. The standard InChI is InChI=1S/C17H28O15/c1-29-13-9(3-16(28,14(24)25)31-12(13)8(22)5-19)30-17(15(26)27)2-6(20)10(23)11(32-17)7(21)4-18/h6-13,18-23,28H,2-5H2,1H3,(H,24,25)(H,26,27)/t6-,7-,8-,9-,10-,11-,12-,13-,16-,17-/m1/s1. The minimum Gasteiger partial charge on any atom is -0.477 e. The molecule has 2 aliphatic heterocycles. The number of ether oxygens (including phenoxy) is 4. The Morgan fingerprint density at radius 2 is 1.56 bits per heavy atom. The summed E-state index contributed by atoms with van der Waals surface area (Å²) in [6.07, 6.45) is -15.7. The predicted molar refractivity (Wildman–Crippen MR) is 95.8 cm³/mol. The Morgan fingerprint density at radius 1 is 1.00 bits per heavy atom. The summed E-state index contributed by atoms with van der Waals surface area (Å²) < 4.78 is 20.9. The van der Waals surface area contributed by atoms with E-state index >= 15 is 0 Å². The van der Waals surface area contributed by atoms with Crippen LogP contribution in [0, 0.1) is 0 Å². The topological polar surface area (TPSA) is 253 Å². The summed E-state index contributed by atoms with van der Waals surface area (Å²) in [5.74, 6) is -9.55. The van der Waals surface area contributed by atoms with Gasteiger partial charge in [0, 0.05) is 20.0 Å². The van der Waals surface area contributed by atoms with Crippen LogP contribution in [0.5, 0.6) is 0 Å². The van der Waals surface area contributed by atoms with Gasteiger partial charge in [0.1, 0.15) is 36.6 Å². The normalized spacial score (nSPS) is 42.2. The molecule has 0 radical (unpaired) electrons. The van der Waals surface area contributed by atoms with Crippen molar-refractivity contribution in [3.63, 3.8) is 0 Å². The second-order valence-corrected chi connectivity index (χ2v) is 7.64. The van der Waals surface area contributed by atoms with E-state index in [1.54, 1.807) is 0 Å². The van der Waals surface area contributed by atoms with Gasteiger partial charge < -0.3 is 64.9 Å². The first-order chi connectivity index (χ1) is 14.9. The number of carboxylic acids is 2. The van der Waals surface area contributed by atoms with Crippen molar-refractivity contribution in [2.45, 2.75) is 73.2 Å². The average Bonchev–Trinajstić information content (AvgIpc) is 2.74. The first-order valence-electron chi connectivity index (χ1n) is 9.55. The minimum atomic E-state index is -2.99. The SMILES string of the molecule is CO[C@H]1[C@@H]([C@H](O)CO)O[C@@](O)(C(=O)O)C[C@H]1O[C@]1(C(=O)O)C[C@@H](O)[C@@H](O)[C@@H]([C@H](O)CO)O1. The van der Waals surface area contributed by atoms with Gasteiger partial charge in [-0.15, -0.1) is 0 Å². The Labute approximate surface area is 180 Å². The maximum atomic E-state index is 12.1. The highest BCUT2D eigenvalue weighted by molar-refractivity contribution is 5.76. The van der Waals surface area contributed by atoms with Crippen LogP contribution in [0.1, 0.15) is 12.8 Å². The summed E-state index contributed by atoms with van der Waals surface area (Å²) in [6, 6.07) is 0. The van der Waals surface area contributed by atoms with E-state index in [9.17, 15) is 50.4 Å². The number of carbonyl (C=O) groups is 2. The van der Waals surface area contributed by atoms with E-state index in [1.165, 1.54) is 0 Å². The Morgan fingerprint density at radius 3 is 2.03 bits per heavy atom. The molecule has 186 valence electrons. The molecule has 10 atom stereocenters. The molecule has 0 aliphatic carbocycles. The van der Waals surface area contributed by atoms with Crippen LogP contribution >= 0.6 is 0 Å². The van der Waals surface area contributed by atoms with Crippen molar-refractivity contribution in [2.24, 2.45) is 0 Å². The maximum Gasteiger partial charge on any atom is 0.364 e. The lowest BCUT2D eigenvalue weighted by Crippen LogP contribution is -2.67. The molecule has 0 aromatic carbocycles. The zero-order valence-corrected chi connectivity index (χ0v) is 16.9. The van der Waals surface area contributed by atoms with Crippen LogP contribution < -0.4 is 0 Å². The van der Waals surface area contributed by atoms with Gasteiger partial charge in [-0.25, -0.2) is 9.59 Å². The summed E-state index contributed by atoms with van der Waals surface area (Å²) in [4.78, 5) is 23.7. The summed E-state index contributed by atoms with van der Waals surface area (Å²) in [5, 5.41) is 88.0. The predicted octanol–water partition coefficient (Wildman–Crippen LogP) is -5.05. The molecule has 2 rings (SSSR count). The van der Waals surface area contributed by atoms with Crippen molar-refractivity contribution < 1.29 is 74.5 Å². The fourth-order valence-electron chi connectivity index (χ4n) is 3.75. The van der Waals surface area contributed by atoms with Crippen LogP contribution in [0.3, 0.4) is 0 Å². The Hall–Kier alpha value is -1.50. The van der Waals surface area contributed by atoms with Gasteiger partial charge in [0.25, 0.3) is 11.6 Å². The lowest BCUT2D eigenvalue weighted by molar-refractivity contribution is -0.371. The highest BCUT2D eigenvalue weighted by atomic mass is 16.7. The van der Waals surface area contributed by atoms with Crippen molar-refractivity contribution in [2.75, 3.05) is 20.3 Å².